The van der Waals surface area contributed by atoms with Crippen molar-refractivity contribution in [2.24, 2.45) is 5.92 Å². The van der Waals surface area contributed by atoms with Crippen LogP contribution in [-0.4, -0.2) is 25.5 Å². The molecule has 0 radical (unpaired) electrons. The molecule has 0 spiro atoms. The minimum absolute atomic E-state index is 0.0159. The van der Waals surface area contributed by atoms with Gasteiger partial charge in [0.2, 0.25) is 5.91 Å². The highest BCUT2D eigenvalue weighted by molar-refractivity contribution is 6.30. The number of carbonyl (C=O) groups excluding carboxylic acids is 2. The summed E-state index contributed by atoms with van der Waals surface area (Å²) < 4.78 is 52.4. The Bertz CT molecular complexity index is 1260. The molecule has 9 heteroatoms. The minimum atomic E-state index is -0.923. The molecule has 188 valence electrons. The van der Waals surface area contributed by atoms with Gasteiger partial charge in [0.1, 0.15) is 29.0 Å². The van der Waals surface area contributed by atoms with Crippen LogP contribution >= 0.6 is 11.6 Å². The van der Waals surface area contributed by atoms with Gasteiger partial charge in [0.25, 0.3) is 0 Å². The van der Waals surface area contributed by atoms with Crippen LogP contribution in [0.25, 0.3) is 0 Å². The lowest BCUT2D eigenvalue weighted by atomic mass is 9.90. The molecule has 3 aromatic carbocycles. The number of Topliss-reactive ketones (excluding diaryl/α,β-unsaturated/α-hetero) is 1. The molecule has 0 fully saturated rings. The zero-order chi connectivity index (χ0) is 25.8. The molecule has 0 unspecified atom stereocenters. The molecule has 4 rings (SSSR count). The molecule has 0 N–H and O–H groups in total. The van der Waals surface area contributed by atoms with Crippen LogP contribution in [0, 0.1) is 23.4 Å². The number of carbonyl (C=O) groups is 2. The zero-order valence-corrected chi connectivity index (χ0v) is 20.2. The van der Waals surface area contributed by atoms with Crippen LogP contribution in [0.3, 0.4) is 0 Å². The number of hydrogen-bond acceptors (Lipinski definition) is 4. The topological polar surface area (TPSA) is 55.8 Å². The van der Waals surface area contributed by atoms with Gasteiger partial charge < -0.3 is 14.4 Å². The fourth-order valence-electron chi connectivity index (χ4n) is 4.27. The van der Waals surface area contributed by atoms with Gasteiger partial charge in [0, 0.05) is 53.7 Å². The smallest absolute Gasteiger partial charge is 0.230 e. The third-order valence-corrected chi connectivity index (χ3v) is 6.16. The number of fused-ring (bicyclic) bond motifs is 1. The van der Waals surface area contributed by atoms with E-state index in [4.69, 9.17) is 21.1 Å². The highest BCUT2D eigenvalue weighted by Gasteiger charge is 2.28. The van der Waals surface area contributed by atoms with Gasteiger partial charge in [-0.3, -0.25) is 9.59 Å². The first-order valence-electron chi connectivity index (χ1n) is 11.2. The summed E-state index contributed by atoms with van der Waals surface area (Å²) in [6, 6.07) is 12.1. The largest absolute Gasteiger partial charge is 0.467 e. The Morgan fingerprint density at radius 3 is 2.36 bits per heavy atom. The highest BCUT2D eigenvalue weighted by atomic mass is 35.5. The second kappa shape index (κ2) is 11.1. The average molecular weight is 518 g/mol. The predicted molar refractivity (Wildman–Crippen MR) is 128 cm³/mol. The molecule has 0 saturated carbocycles. The van der Waals surface area contributed by atoms with Gasteiger partial charge >= 0.3 is 0 Å². The molecule has 1 amide bonds. The summed E-state index contributed by atoms with van der Waals surface area (Å²) in [7, 11) is 1.55. The lowest BCUT2D eigenvalue weighted by Gasteiger charge is -2.24. The lowest BCUT2D eigenvalue weighted by molar-refractivity contribution is -0.127. The molecular weight excluding hydrogens is 495 g/mol. The number of ether oxygens (including phenoxy) is 2. The first-order chi connectivity index (χ1) is 17.2. The Balaban J connectivity index is 1.58. The van der Waals surface area contributed by atoms with E-state index in [1.54, 1.807) is 31.3 Å². The van der Waals surface area contributed by atoms with Crippen molar-refractivity contribution in [2.75, 3.05) is 18.7 Å². The van der Waals surface area contributed by atoms with Gasteiger partial charge in [-0.1, -0.05) is 11.6 Å². The highest BCUT2D eigenvalue weighted by Crippen LogP contribution is 2.31. The predicted octanol–water partition coefficient (Wildman–Crippen LogP) is 5.65. The number of ketones is 1. The van der Waals surface area contributed by atoms with Gasteiger partial charge in [-0.2, -0.15) is 0 Å². The van der Waals surface area contributed by atoms with Crippen LogP contribution < -0.4 is 9.64 Å². The summed E-state index contributed by atoms with van der Waals surface area (Å²) in [6.07, 6.45) is -0.467. The second-order valence-corrected chi connectivity index (χ2v) is 9.07. The molecule has 36 heavy (non-hydrogen) atoms. The standard InChI is InChI=1S/C27H23ClF3NO4/c1-32(24-4-2-20(28)3-5-24)27(34)18(6-16-7-21(29)13-22(30)8-16)12-25(33)11-17-9-23(31)10-19-14-35-15-36-26(17)19/h2-5,7-10,13,18H,6,11-12,14-15H2,1H3/t18-/m1/s1. The van der Waals surface area contributed by atoms with Crippen molar-refractivity contribution in [3.8, 4) is 5.75 Å². The van der Waals surface area contributed by atoms with Crippen LogP contribution in [0.1, 0.15) is 23.1 Å². The summed E-state index contributed by atoms with van der Waals surface area (Å²) in [5.41, 5.74) is 1.63. The van der Waals surface area contributed by atoms with E-state index in [9.17, 15) is 22.8 Å². The molecule has 0 saturated heterocycles. The number of nitrogens with zero attached hydrogens (tertiary/aromatic N) is 1. The molecular formula is C27H23ClF3NO4. The number of anilines is 1. The fraction of sp³-hybridized carbons (Fsp3) is 0.259. The summed E-state index contributed by atoms with van der Waals surface area (Å²) in [5, 5.41) is 0.493. The van der Waals surface area contributed by atoms with Crippen molar-refractivity contribution in [2.45, 2.75) is 25.9 Å². The Morgan fingerprint density at radius 1 is 1.00 bits per heavy atom. The van der Waals surface area contributed by atoms with E-state index < -0.39 is 29.3 Å². The van der Waals surface area contributed by atoms with Crippen LogP contribution in [0.4, 0.5) is 18.9 Å². The number of amides is 1. The Labute approximate surface area is 211 Å². The van der Waals surface area contributed by atoms with E-state index in [2.05, 4.69) is 0 Å². The second-order valence-electron chi connectivity index (χ2n) is 8.64. The average Bonchev–Trinajstić information content (AvgIpc) is 2.82. The maximum Gasteiger partial charge on any atom is 0.230 e. The van der Waals surface area contributed by atoms with E-state index in [-0.39, 0.29) is 44.0 Å². The first kappa shape index (κ1) is 25.7. The van der Waals surface area contributed by atoms with Crippen molar-refractivity contribution in [1.29, 1.82) is 0 Å². The maximum absolute atomic E-state index is 14.1. The monoisotopic (exact) mass is 517 g/mol. The SMILES string of the molecule is CN(C(=O)[C@@H](CC(=O)Cc1cc(F)cc2c1OCOC2)Cc1cc(F)cc(F)c1)c1ccc(Cl)cc1. The first-order valence-corrected chi connectivity index (χ1v) is 11.6. The molecule has 0 aromatic heterocycles. The molecule has 3 aromatic rings. The van der Waals surface area contributed by atoms with Gasteiger partial charge in [-0.25, -0.2) is 13.2 Å². The van der Waals surface area contributed by atoms with Crippen molar-refractivity contribution in [3.05, 3.63) is 93.8 Å². The van der Waals surface area contributed by atoms with E-state index in [0.29, 0.717) is 27.6 Å². The quantitative estimate of drug-likeness (QED) is 0.387. The number of hydrogen-bond donors (Lipinski definition) is 0. The minimum Gasteiger partial charge on any atom is -0.467 e. The van der Waals surface area contributed by atoms with Crippen LogP contribution in [0.15, 0.2) is 54.6 Å². The number of halogens is 4. The Kier molecular flexibility index (Phi) is 7.96. The summed E-state index contributed by atoms with van der Waals surface area (Å²) in [4.78, 5) is 27.9. The zero-order valence-electron chi connectivity index (χ0n) is 19.4. The number of benzene rings is 3. The van der Waals surface area contributed by atoms with Crippen molar-refractivity contribution < 1.29 is 32.2 Å². The van der Waals surface area contributed by atoms with Gasteiger partial charge in [-0.15, -0.1) is 0 Å². The maximum atomic E-state index is 14.1. The van der Waals surface area contributed by atoms with E-state index >= 15 is 0 Å². The normalized spacial score (nSPS) is 13.5. The molecule has 1 aliphatic heterocycles. The summed E-state index contributed by atoms with van der Waals surface area (Å²) in [5.74, 6) is -3.38. The third kappa shape index (κ3) is 6.25. The third-order valence-electron chi connectivity index (χ3n) is 5.91. The van der Waals surface area contributed by atoms with Gasteiger partial charge in [0.05, 0.1) is 6.61 Å². The Hall–Kier alpha value is -3.36. The number of rotatable bonds is 8. The van der Waals surface area contributed by atoms with E-state index in [0.717, 1.165) is 18.2 Å². The fourth-order valence-corrected chi connectivity index (χ4v) is 4.40. The molecule has 1 aliphatic rings. The van der Waals surface area contributed by atoms with Gasteiger partial charge in [-0.05, 0) is 60.5 Å². The van der Waals surface area contributed by atoms with Crippen LogP contribution in [-0.2, 0) is 33.8 Å². The molecule has 0 aliphatic carbocycles. The molecule has 1 atom stereocenters. The van der Waals surface area contributed by atoms with Gasteiger partial charge in [0.15, 0.2) is 6.79 Å². The summed E-state index contributed by atoms with van der Waals surface area (Å²) in [6.45, 7) is 0.143. The molecule has 5 nitrogen and oxygen atoms in total. The Morgan fingerprint density at radius 2 is 1.67 bits per heavy atom. The molecule has 1 heterocycles. The van der Waals surface area contributed by atoms with E-state index in [1.807, 2.05) is 0 Å². The lowest BCUT2D eigenvalue weighted by Crippen LogP contribution is -2.35. The van der Waals surface area contributed by atoms with Crippen LogP contribution in [0.2, 0.25) is 5.02 Å². The van der Waals surface area contributed by atoms with Crippen molar-refractivity contribution in [3.63, 3.8) is 0 Å². The van der Waals surface area contributed by atoms with Crippen molar-refractivity contribution >= 4 is 29.0 Å². The molecule has 0 bridgehead atoms. The van der Waals surface area contributed by atoms with Crippen LogP contribution in [0.5, 0.6) is 5.75 Å². The van der Waals surface area contributed by atoms with Crippen molar-refractivity contribution in [1.82, 2.24) is 0 Å². The summed E-state index contributed by atoms with van der Waals surface area (Å²) >= 11 is 5.94. The van der Waals surface area contributed by atoms with E-state index in [1.165, 1.54) is 17.0 Å².